The minimum atomic E-state index is 0. The first-order valence-corrected chi connectivity index (χ1v) is 5.16. The van der Waals surface area contributed by atoms with Crippen LogP contribution in [0.2, 0.25) is 0 Å². The van der Waals surface area contributed by atoms with Gasteiger partial charge in [-0.15, -0.1) is 16.9 Å². The molecule has 0 bridgehead atoms. The third kappa shape index (κ3) is 2.01. The summed E-state index contributed by atoms with van der Waals surface area (Å²) in [6.07, 6.45) is 4.73. The Morgan fingerprint density at radius 2 is 1.29 bits per heavy atom. The maximum absolute atomic E-state index is 2.38. The molecule has 0 aromatic carbocycles. The van der Waals surface area contributed by atoms with Crippen LogP contribution < -0.4 is 0 Å². The first-order chi connectivity index (χ1) is 5.61. The molecule has 1 aliphatic rings. The average molecular weight is 363 g/mol. The van der Waals surface area contributed by atoms with Gasteiger partial charge in [0.1, 0.15) is 0 Å². The number of hydrogen-bond donors (Lipinski definition) is 0. The van der Waals surface area contributed by atoms with E-state index in [1.54, 1.807) is 5.92 Å². The van der Waals surface area contributed by atoms with Crippen molar-refractivity contribution in [2.75, 3.05) is 0 Å². The van der Waals surface area contributed by atoms with Crippen LogP contribution >= 0.6 is 0 Å². The summed E-state index contributed by atoms with van der Waals surface area (Å²) in [5.74, 6) is 1.59. The molecule has 0 atom stereocenters. The quantitative estimate of drug-likeness (QED) is 0.447. The topological polar surface area (TPSA) is 0 Å². The zero-order valence-electron chi connectivity index (χ0n) is 10.6. The fourth-order valence-electron chi connectivity index (χ4n) is 2.04. The Morgan fingerprint density at radius 1 is 0.857 bits per heavy atom. The molecule has 0 unspecified atom stereocenters. The molecule has 1 aliphatic carbocycles. The maximum atomic E-state index is 2.38. The van der Waals surface area contributed by atoms with E-state index in [-0.39, 0.29) is 31.9 Å². The average Bonchev–Trinajstić information content (AvgIpc) is 1.97. The van der Waals surface area contributed by atoms with Crippen LogP contribution in [0.1, 0.15) is 48.5 Å². The summed E-state index contributed by atoms with van der Waals surface area (Å²) in [6.45, 7) is 16.3. The van der Waals surface area contributed by atoms with E-state index in [4.69, 9.17) is 0 Å². The molecule has 0 saturated carbocycles. The smallest absolute Gasteiger partial charge is 0 e. The third-order valence-electron chi connectivity index (χ3n) is 4.43. The Kier molecular flexibility index (Phi) is 3.89. The van der Waals surface area contributed by atoms with Crippen molar-refractivity contribution in [1.29, 1.82) is 0 Å². The first-order valence-electron chi connectivity index (χ1n) is 5.16. The molecule has 0 N–H and O–H groups in total. The summed E-state index contributed by atoms with van der Waals surface area (Å²) >= 11 is 0. The second-order valence-corrected chi connectivity index (χ2v) is 6.03. The van der Waals surface area contributed by atoms with E-state index in [1.807, 2.05) is 0 Å². The van der Waals surface area contributed by atoms with Crippen LogP contribution in [0.15, 0.2) is 12.2 Å². The zero-order chi connectivity index (χ0) is 10.5. The summed E-state index contributed by atoms with van der Waals surface area (Å²) in [4.78, 5) is 0. The van der Waals surface area contributed by atoms with Gasteiger partial charge in [0, 0.05) is 21.1 Å². The summed E-state index contributed by atoms with van der Waals surface area (Å²) in [6, 6.07) is 0. The standard InChI is InChI=1S/C13H23.W/c1-10-11(2,3)8-9-12(4,5)13(10,6)7;/h8-9H,1-7H3;/q-1;. The summed E-state index contributed by atoms with van der Waals surface area (Å²) in [5, 5.41) is 0. The predicted molar refractivity (Wildman–Crippen MR) is 59.4 cm³/mol. The molecule has 1 rings (SSSR count). The SMILES string of the molecule is C[C-]1C(C)(C)C=CC(C)(C)C1(C)C.[W]. The van der Waals surface area contributed by atoms with Gasteiger partial charge in [0.05, 0.1) is 0 Å². The Balaban J connectivity index is 0.00000169. The molecular weight excluding hydrogens is 340 g/mol. The van der Waals surface area contributed by atoms with Crippen molar-refractivity contribution in [3.8, 4) is 0 Å². The van der Waals surface area contributed by atoms with Crippen molar-refractivity contribution in [2.45, 2.75) is 48.5 Å². The van der Waals surface area contributed by atoms with Gasteiger partial charge in [0.2, 0.25) is 0 Å². The van der Waals surface area contributed by atoms with E-state index in [9.17, 15) is 0 Å². The molecule has 0 aromatic heterocycles. The van der Waals surface area contributed by atoms with Gasteiger partial charge in [-0.1, -0.05) is 47.6 Å². The van der Waals surface area contributed by atoms with Crippen LogP contribution in [0.5, 0.6) is 0 Å². The molecule has 0 aliphatic heterocycles. The van der Waals surface area contributed by atoms with Gasteiger partial charge in [0.15, 0.2) is 0 Å². The van der Waals surface area contributed by atoms with Crippen LogP contribution in [0, 0.1) is 22.2 Å². The van der Waals surface area contributed by atoms with Crippen LogP contribution in [0.25, 0.3) is 0 Å². The predicted octanol–water partition coefficient (Wildman–Crippen LogP) is 4.23. The fourth-order valence-corrected chi connectivity index (χ4v) is 2.04. The summed E-state index contributed by atoms with van der Waals surface area (Å²) < 4.78 is 0. The zero-order valence-corrected chi connectivity index (χ0v) is 13.5. The van der Waals surface area contributed by atoms with E-state index in [2.05, 4.69) is 60.6 Å². The van der Waals surface area contributed by atoms with Crippen molar-refractivity contribution in [3.05, 3.63) is 18.1 Å². The third-order valence-corrected chi connectivity index (χ3v) is 4.43. The molecule has 0 spiro atoms. The van der Waals surface area contributed by atoms with Crippen molar-refractivity contribution in [3.63, 3.8) is 0 Å². The van der Waals surface area contributed by atoms with Gasteiger partial charge in [-0.05, 0) is 5.41 Å². The van der Waals surface area contributed by atoms with Gasteiger partial charge < -0.3 is 5.92 Å². The van der Waals surface area contributed by atoms with Crippen LogP contribution in [0.4, 0.5) is 0 Å². The van der Waals surface area contributed by atoms with E-state index >= 15 is 0 Å². The van der Waals surface area contributed by atoms with Gasteiger partial charge in [0.25, 0.3) is 0 Å². The maximum Gasteiger partial charge on any atom is 0 e. The largest absolute Gasteiger partial charge is 0.301 e. The molecule has 0 aromatic rings. The van der Waals surface area contributed by atoms with Crippen LogP contribution in [0.3, 0.4) is 0 Å². The van der Waals surface area contributed by atoms with Crippen LogP contribution in [-0.4, -0.2) is 0 Å². The van der Waals surface area contributed by atoms with Crippen molar-refractivity contribution in [1.82, 2.24) is 0 Å². The molecule has 0 heterocycles. The Bertz CT molecular complexity index is 234. The van der Waals surface area contributed by atoms with Gasteiger partial charge in [-0.25, -0.2) is 0 Å². The Labute approximate surface area is 104 Å². The minimum Gasteiger partial charge on any atom is -0.301 e. The van der Waals surface area contributed by atoms with Gasteiger partial charge >= 0.3 is 0 Å². The van der Waals surface area contributed by atoms with Crippen molar-refractivity contribution < 1.29 is 21.1 Å². The summed E-state index contributed by atoms with van der Waals surface area (Å²) in [7, 11) is 0. The molecule has 0 amide bonds. The van der Waals surface area contributed by atoms with Crippen molar-refractivity contribution in [2.24, 2.45) is 16.2 Å². The fraction of sp³-hybridized carbons (Fsp3) is 0.769. The summed E-state index contributed by atoms with van der Waals surface area (Å²) in [5.41, 5.74) is 0.844. The minimum absolute atomic E-state index is 0. The Morgan fingerprint density at radius 3 is 1.64 bits per heavy atom. The molecule has 14 heavy (non-hydrogen) atoms. The second kappa shape index (κ2) is 3.78. The number of allylic oxidation sites excluding steroid dienone is 2. The molecule has 82 valence electrons. The normalized spacial score (nSPS) is 28.2. The van der Waals surface area contributed by atoms with Gasteiger partial charge in [-0.3, -0.25) is 0 Å². The van der Waals surface area contributed by atoms with Crippen molar-refractivity contribution >= 4 is 0 Å². The van der Waals surface area contributed by atoms with E-state index in [0.29, 0.717) is 5.41 Å². The molecule has 0 fully saturated rings. The molecule has 0 radical (unpaired) electrons. The molecular formula is C13H23W-. The van der Waals surface area contributed by atoms with E-state index in [0.717, 1.165) is 0 Å². The molecule has 0 saturated heterocycles. The van der Waals surface area contributed by atoms with E-state index in [1.165, 1.54) is 0 Å². The van der Waals surface area contributed by atoms with E-state index < -0.39 is 0 Å². The Hall–Kier alpha value is 0.428. The van der Waals surface area contributed by atoms with Crippen LogP contribution in [-0.2, 0) is 21.1 Å². The van der Waals surface area contributed by atoms with Gasteiger partial charge in [-0.2, -0.15) is 6.92 Å². The molecule has 0 nitrogen and oxygen atoms in total. The number of hydrogen-bond acceptors (Lipinski definition) is 0. The first kappa shape index (κ1) is 14.4. The monoisotopic (exact) mass is 363 g/mol. The second-order valence-electron chi connectivity index (χ2n) is 6.03. The number of rotatable bonds is 0. The molecule has 1 heteroatoms.